The Morgan fingerprint density at radius 1 is 1.43 bits per heavy atom. The second-order valence-electron chi connectivity index (χ2n) is 2.98. The Balaban J connectivity index is 2.53. The highest BCUT2D eigenvalue weighted by molar-refractivity contribution is 5.75. The van der Waals surface area contributed by atoms with E-state index in [1.54, 1.807) is 19.2 Å². The topological polar surface area (TPSA) is 52.9 Å². The summed E-state index contributed by atoms with van der Waals surface area (Å²) in [7, 11) is 1.63. The lowest BCUT2D eigenvalue weighted by Gasteiger charge is -2.00. The van der Waals surface area contributed by atoms with Crippen molar-refractivity contribution in [3.05, 3.63) is 35.4 Å². The van der Waals surface area contributed by atoms with Crippen LogP contribution in [0.25, 0.3) is 0 Å². The Labute approximate surface area is 83.4 Å². The summed E-state index contributed by atoms with van der Waals surface area (Å²) < 4.78 is 0. The zero-order chi connectivity index (χ0) is 10.4. The number of amides is 1. The third-order valence-corrected chi connectivity index (χ3v) is 2.00. The van der Waals surface area contributed by atoms with Crippen molar-refractivity contribution in [1.82, 2.24) is 5.32 Å². The van der Waals surface area contributed by atoms with E-state index in [4.69, 9.17) is 5.26 Å². The van der Waals surface area contributed by atoms with Crippen LogP contribution >= 0.6 is 0 Å². The lowest BCUT2D eigenvalue weighted by Crippen LogP contribution is -2.17. The molecule has 0 aliphatic heterocycles. The number of hydrogen-bond donors (Lipinski definition) is 1. The smallest absolute Gasteiger partial charge is 0.220 e. The van der Waals surface area contributed by atoms with Gasteiger partial charge in [-0.25, -0.2) is 0 Å². The molecule has 0 atom stereocenters. The average Bonchev–Trinajstić information content (AvgIpc) is 2.26. The van der Waals surface area contributed by atoms with Crippen molar-refractivity contribution in [1.29, 1.82) is 5.26 Å². The fourth-order valence-corrected chi connectivity index (χ4v) is 1.13. The first kappa shape index (κ1) is 10.3. The number of nitrogens with zero attached hydrogens (tertiary/aromatic N) is 1. The maximum atomic E-state index is 10.9. The lowest BCUT2D eigenvalue weighted by molar-refractivity contribution is -0.120. The molecule has 1 rings (SSSR count). The number of nitrogens with one attached hydrogen (secondary N) is 1. The highest BCUT2D eigenvalue weighted by Gasteiger charge is 1.99. The summed E-state index contributed by atoms with van der Waals surface area (Å²) in [5.41, 5.74) is 1.72. The van der Waals surface area contributed by atoms with Gasteiger partial charge in [0.05, 0.1) is 11.6 Å². The third kappa shape index (κ3) is 2.91. The van der Waals surface area contributed by atoms with Crippen LogP contribution in [0.3, 0.4) is 0 Å². The predicted molar refractivity (Wildman–Crippen MR) is 53.5 cm³/mol. The molecule has 0 aliphatic carbocycles. The largest absolute Gasteiger partial charge is 0.359 e. The molecule has 0 aromatic heterocycles. The second kappa shape index (κ2) is 5.03. The zero-order valence-corrected chi connectivity index (χ0v) is 8.08. The SMILES string of the molecule is CNC(=O)CCc1ccc(C#N)cc1. The summed E-state index contributed by atoms with van der Waals surface area (Å²) in [5, 5.41) is 11.1. The molecule has 0 saturated heterocycles. The molecular formula is C11H12N2O. The van der Waals surface area contributed by atoms with Crippen molar-refractivity contribution in [2.75, 3.05) is 7.05 Å². The van der Waals surface area contributed by atoms with E-state index in [-0.39, 0.29) is 5.91 Å². The van der Waals surface area contributed by atoms with E-state index in [0.29, 0.717) is 18.4 Å². The van der Waals surface area contributed by atoms with Crippen molar-refractivity contribution in [2.24, 2.45) is 0 Å². The van der Waals surface area contributed by atoms with Crippen molar-refractivity contribution in [3.63, 3.8) is 0 Å². The molecule has 1 aromatic rings. The first-order valence-corrected chi connectivity index (χ1v) is 4.46. The lowest BCUT2D eigenvalue weighted by atomic mass is 10.1. The standard InChI is InChI=1S/C11H12N2O/c1-13-11(14)7-6-9-2-4-10(8-12)5-3-9/h2-5H,6-7H2,1H3,(H,13,14). The van der Waals surface area contributed by atoms with Gasteiger partial charge in [0.1, 0.15) is 0 Å². The maximum absolute atomic E-state index is 10.9. The minimum Gasteiger partial charge on any atom is -0.359 e. The van der Waals surface area contributed by atoms with E-state index in [1.807, 2.05) is 12.1 Å². The average molecular weight is 188 g/mol. The van der Waals surface area contributed by atoms with Crippen molar-refractivity contribution in [3.8, 4) is 6.07 Å². The van der Waals surface area contributed by atoms with Crippen molar-refractivity contribution >= 4 is 5.91 Å². The molecule has 1 aromatic carbocycles. The Morgan fingerprint density at radius 3 is 2.57 bits per heavy atom. The number of hydrogen-bond acceptors (Lipinski definition) is 2. The summed E-state index contributed by atoms with van der Waals surface area (Å²) in [6.45, 7) is 0. The molecule has 0 aliphatic rings. The van der Waals surface area contributed by atoms with E-state index in [2.05, 4.69) is 11.4 Å². The molecule has 0 heterocycles. The van der Waals surface area contributed by atoms with Crippen molar-refractivity contribution < 1.29 is 4.79 Å². The van der Waals surface area contributed by atoms with E-state index in [9.17, 15) is 4.79 Å². The summed E-state index contributed by atoms with van der Waals surface area (Å²) in [5.74, 6) is 0.0364. The third-order valence-electron chi connectivity index (χ3n) is 2.00. The van der Waals surface area contributed by atoms with Gasteiger partial charge in [-0.1, -0.05) is 12.1 Å². The van der Waals surface area contributed by atoms with Gasteiger partial charge in [-0.3, -0.25) is 4.79 Å². The van der Waals surface area contributed by atoms with Crippen LogP contribution in [-0.4, -0.2) is 13.0 Å². The van der Waals surface area contributed by atoms with Crippen LogP contribution in [0.2, 0.25) is 0 Å². The molecule has 0 spiro atoms. The number of carbonyl (C=O) groups is 1. The normalized spacial score (nSPS) is 9.14. The van der Waals surface area contributed by atoms with E-state index >= 15 is 0 Å². The van der Waals surface area contributed by atoms with Crippen LogP contribution in [0.15, 0.2) is 24.3 Å². The van der Waals surface area contributed by atoms with Gasteiger partial charge in [0.25, 0.3) is 0 Å². The summed E-state index contributed by atoms with van der Waals surface area (Å²) in [6, 6.07) is 9.33. The number of aryl methyl sites for hydroxylation is 1. The minimum absolute atomic E-state index is 0.0364. The molecule has 1 N–H and O–H groups in total. The molecule has 0 unspecified atom stereocenters. The monoisotopic (exact) mass is 188 g/mol. The van der Waals surface area contributed by atoms with Gasteiger partial charge in [-0.05, 0) is 24.1 Å². The van der Waals surface area contributed by atoms with Gasteiger partial charge in [0, 0.05) is 13.5 Å². The summed E-state index contributed by atoms with van der Waals surface area (Å²) in [6.07, 6.45) is 1.20. The molecule has 3 heteroatoms. The molecular weight excluding hydrogens is 176 g/mol. The van der Waals surface area contributed by atoms with E-state index < -0.39 is 0 Å². The maximum Gasteiger partial charge on any atom is 0.220 e. The Morgan fingerprint density at radius 2 is 2.07 bits per heavy atom. The van der Waals surface area contributed by atoms with Gasteiger partial charge >= 0.3 is 0 Å². The molecule has 72 valence electrons. The van der Waals surface area contributed by atoms with Gasteiger partial charge in [0.2, 0.25) is 5.91 Å². The van der Waals surface area contributed by atoms with Gasteiger partial charge < -0.3 is 5.32 Å². The van der Waals surface area contributed by atoms with Gasteiger partial charge in [-0.15, -0.1) is 0 Å². The van der Waals surface area contributed by atoms with Crippen LogP contribution < -0.4 is 5.32 Å². The van der Waals surface area contributed by atoms with Crippen LogP contribution in [0.5, 0.6) is 0 Å². The van der Waals surface area contributed by atoms with E-state index in [1.165, 1.54) is 0 Å². The number of benzene rings is 1. The molecule has 0 radical (unpaired) electrons. The predicted octanol–water partition coefficient (Wildman–Crippen LogP) is 1.24. The molecule has 0 fully saturated rings. The summed E-state index contributed by atoms with van der Waals surface area (Å²) in [4.78, 5) is 10.9. The zero-order valence-electron chi connectivity index (χ0n) is 8.08. The van der Waals surface area contributed by atoms with Gasteiger partial charge in [-0.2, -0.15) is 5.26 Å². The Kier molecular flexibility index (Phi) is 3.69. The number of carbonyl (C=O) groups excluding carboxylic acids is 1. The van der Waals surface area contributed by atoms with Crippen LogP contribution in [0.1, 0.15) is 17.5 Å². The van der Waals surface area contributed by atoms with Crippen LogP contribution in [0, 0.1) is 11.3 Å². The Hall–Kier alpha value is -1.82. The molecule has 14 heavy (non-hydrogen) atoms. The molecule has 3 nitrogen and oxygen atoms in total. The van der Waals surface area contributed by atoms with Crippen LogP contribution in [-0.2, 0) is 11.2 Å². The number of nitriles is 1. The molecule has 0 bridgehead atoms. The fourth-order valence-electron chi connectivity index (χ4n) is 1.13. The number of rotatable bonds is 3. The molecule has 1 amide bonds. The Bertz CT molecular complexity index is 349. The van der Waals surface area contributed by atoms with Gasteiger partial charge in [0.15, 0.2) is 0 Å². The molecule has 0 saturated carbocycles. The highest BCUT2D eigenvalue weighted by Crippen LogP contribution is 2.05. The van der Waals surface area contributed by atoms with Crippen molar-refractivity contribution in [2.45, 2.75) is 12.8 Å². The van der Waals surface area contributed by atoms with E-state index in [0.717, 1.165) is 5.56 Å². The second-order valence-corrected chi connectivity index (χ2v) is 2.98. The highest BCUT2D eigenvalue weighted by atomic mass is 16.1. The van der Waals surface area contributed by atoms with Crippen LogP contribution in [0.4, 0.5) is 0 Å². The summed E-state index contributed by atoms with van der Waals surface area (Å²) >= 11 is 0. The first-order valence-electron chi connectivity index (χ1n) is 4.46. The quantitative estimate of drug-likeness (QED) is 0.775. The first-order chi connectivity index (χ1) is 6.76. The fraction of sp³-hybridized carbons (Fsp3) is 0.273. The minimum atomic E-state index is 0.0364.